The molecule has 1 aliphatic carbocycles. The molecule has 11 aromatic rings. The Morgan fingerprint density at radius 3 is 1.41 bits per heavy atom. The van der Waals surface area contributed by atoms with Gasteiger partial charge in [-0.2, -0.15) is 0 Å². The van der Waals surface area contributed by atoms with Crippen LogP contribution >= 0.6 is 11.3 Å². The average molecular weight is 834 g/mol. The highest BCUT2D eigenvalue weighted by Crippen LogP contribution is 2.65. The lowest BCUT2D eigenvalue weighted by Crippen LogP contribution is -2.54. The first-order valence-electron chi connectivity index (χ1n) is 22.1. The minimum Gasteiger partial charge on any atom is -0.310 e. The summed E-state index contributed by atoms with van der Waals surface area (Å²) < 4.78 is 2.58. The topological polar surface area (TPSA) is 3.24 Å². The summed E-state index contributed by atoms with van der Waals surface area (Å²) in [5, 5.41) is 2.56. The molecule has 10 aromatic carbocycles. The van der Waals surface area contributed by atoms with Crippen molar-refractivity contribution < 1.29 is 0 Å². The Bertz CT molecular complexity index is 3350. The van der Waals surface area contributed by atoms with E-state index in [9.17, 15) is 0 Å². The Kier molecular flexibility index (Phi) is 9.21. The van der Waals surface area contributed by atoms with E-state index in [1.54, 1.807) is 0 Å². The Morgan fingerprint density at radius 2 is 0.781 bits per heavy atom. The first kappa shape index (κ1) is 37.9. The highest BCUT2D eigenvalue weighted by molar-refractivity contribution is 7.26. The summed E-state index contributed by atoms with van der Waals surface area (Å²) in [6.07, 6.45) is 0. The van der Waals surface area contributed by atoms with Crippen molar-refractivity contribution in [3.05, 3.63) is 294 Å². The van der Waals surface area contributed by atoms with Gasteiger partial charge in [-0.05, 0) is 104 Å². The Balaban J connectivity index is 1.13. The molecule has 0 fully saturated rings. The van der Waals surface area contributed by atoms with E-state index < -0.39 is 10.8 Å². The molecule has 64 heavy (non-hydrogen) atoms. The summed E-state index contributed by atoms with van der Waals surface area (Å²) in [5.41, 5.74) is 14.4. The number of thiophene rings is 1. The number of hydrogen-bond acceptors (Lipinski definition) is 2. The smallest absolute Gasteiger partial charge is 0.0635 e. The minimum absolute atomic E-state index is 0.660. The highest BCUT2D eigenvalue weighted by Gasteiger charge is 2.61. The van der Waals surface area contributed by atoms with Crippen LogP contribution in [0.15, 0.2) is 261 Å². The van der Waals surface area contributed by atoms with Gasteiger partial charge < -0.3 is 4.90 Å². The molecule has 0 saturated heterocycles. The molecular formula is C62H43NS. The normalized spacial score (nSPS) is 13.6. The van der Waals surface area contributed by atoms with Crippen molar-refractivity contribution in [2.24, 2.45) is 0 Å². The van der Waals surface area contributed by atoms with Crippen molar-refractivity contribution in [3.8, 4) is 22.3 Å². The van der Waals surface area contributed by atoms with Crippen molar-refractivity contribution in [3.63, 3.8) is 0 Å². The van der Waals surface area contributed by atoms with Crippen LogP contribution in [-0.2, 0) is 10.8 Å². The van der Waals surface area contributed by atoms with Crippen LogP contribution in [0, 0.1) is 0 Å². The van der Waals surface area contributed by atoms with E-state index >= 15 is 0 Å². The van der Waals surface area contributed by atoms with Gasteiger partial charge in [0.25, 0.3) is 0 Å². The average Bonchev–Trinajstić information content (AvgIpc) is 3.77. The largest absolute Gasteiger partial charge is 0.310 e. The van der Waals surface area contributed by atoms with E-state index in [0.717, 1.165) is 16.9 Å². The van der Waals surface area contributed by atoms with Gasteiger partial charge in [0.2, 0.25) is 0 Å². The third-order valence-electron chi connectivity index (χ3n) is 13.5. The predicted octanol–water partition coefficient (Wildman–Crippen LogP) is 16.5. The van der Waals surface area contributed by atoms with Crippen molar-refractivity contribution in [1.82, 2.24) is 0 Å². The highest BCUT2D eigenvalue weighted by atomic mass is 32.1. The molecule has 0 N–H and O–H groups in total. The summed E-state index contributed by atoms with van der Waals surface area (Å²) in [6.45, 7) is 0. The van der Waals surface area contributed by atoms with Gasteiger partial charge in [-0.15, -0.1) is 11.3 Å². The van der Waals surface area contributed by atoms with Crippen LogP contribution in [0.3, 0.4) is 0 Å². The lowest BCUT2D eigenvalue weighted by molar-refractivity contribution is 0.415. The van der Waals surface area contributed by atoms with Gasteiger partial charge in [-0.25, -0.2) is 0 Å². The molecule has 0 radical (unpaired) electrons. The molecule has 12 rings (SSSR count). The molecule has 0 spiro atoms. The monoisotopic (exact) mass is 833 g/mol. The fraction of sp³-hybridized carbons (Fsp3) is 0.0323. The maximum absolute atomic E-state index is 2.47. The van der Waals surface area contributed by atoms with Crippen molar-refractivity contribution >= 4 is 48.6 Å². The fourth-order valence-corrected chi connectivity index (χ4v) is 12.2. The quantitative estimate of drug-likeness (QED) is 0.147. The van der Waals surface area contributed by atoms with Gasteiger partial charge in [0.05, 0.1) is 16.5 Å². The lowest BCUT2D eigenvalue weighted by Gasteiger charge is -2.57. The van der Waals surface area contributed by atoms with Crippen LogP contribution in [0.25, 0.3) is 42.4 Å². The van der Waals surface area contributed by atoms with Gasteiger partial charge in [0, 0.05) is 31.5 Å². The maximum atomic E-state index is 2.47. The van der Waals surface area contributed by atoms with Crippen LogP contribution in [0.1, 0.15) is 33.4 Å². The van der Waals surface area contributed by atoms with E-state index in [0.29, 0.717) is 0 Å². The van der Waals surface area contributed by atoms with Gasteiger partial charge in [0.15, 0.2) is 0 Å². The number of para-hydroxylation sites is 1. The molecule has 1 aliphatic rings. The minimum atomic E-state index is -0.686. The Morgan fingerprint density at radius 1 is 0.312 bits per heavy atom. The SMILES string of the molecule is c1ccc(N(c2cccc(-c3ccc4c(c3)-c3ccccc3C(c3ccccc3)(c3ccccc3)C4(c3ccccc3)c3ccccc3)c2)c2cccc3sc4ccccc4c23)cc1. The van der Waals surface area contributed by atoms with E-state index in [-0.39, 0.29) is 0 Å². The van der Waals surface area contributed by atoms with E-state index in [1.807, 2.05) is 11.3 Å². The van der Waals surface area contributed by atoms with E-state index in [2.05, 4.69) is 266 Å². The summed E-state index contributed by atoms with van der Waals surface area (Å²) in [7, 11) is 0. The zero-order valence-electron chi connectivity index (χ0n) is 35.2. The second-order valence-corrected chi connectivity index (χ2v) is 17.8. The molecule has 0 aliphatic heterocycles. The maximum Gasteiger partial charge on any atom is 0.0635 e. The molecule has 0 bridgehead atoms. The van der Waals surface area contributed by atoms with Crippen LogP contribution in [-0.4, -0.2) is 0 Å². The zero-order valence-corrected chi connectivity index (χ0v) is 36.0. The summed E-state index contributed by atoms with van der Waals surface area (Å²) >= 11 is 1.86. The molecule has 0 saturated carbocycles. The summed E-state index contributed by atoms with van der Waals surface area (Å²) in [6, 6.07) is 96.8. The van der Waals surface area contributed by atoms with Crippen LogP contribution in [0.2, 0.25) is 0 Å². The molecule has 0 atom stereocenters. The first-order valence-corrected chi connectivity index (χ1v) is 22.9. The third kappa shape index (κ3) is 5.69. The summed E-state index contributed by atoms with van der Waals surface area (Å²) in [4.78, 5) is 2.43. The molecule has 1 aromatic heterocycles. The van der Waals surface area contributed by atoms with Crippen LogP contribution < -0.4 is 4.90 Å². The van der Waals surface area contributed by atoms with Gasteiger partial charge in [-0.3, -0.25) is 0 Å². The fourth-order valence-electron chi connectivity index (χ4n) is 11.1. The number of fused-ring (bicyclic) bond motifs is 6. The van der Waals surface area contributed by atoms with Crippen LogP contribution in [0.5, 0.6) is 0 Å². The van der Waals surface area contributed by atoms with Gasteiger partial charge in [0.1, 0.15) is 0 Å². The van der Waals surface area contributed by atoms with E-state index in [1.165, 1.54) is 75.9 Å². The number of benzene rings is 10. The standard InChI is InChI=1S/C62H43NS/c1-6-23-46(24-7-1)61(47-25-8-2-9-26-47)55-36-18-16-34-52(55)54-43-45(40-41-56(54)62(61,48-27-10-3-11-28-48)49-29-12-4-13-30-49)44-22-20-33-51(42-44)63(50-31-14-5-15-32-50)57-37-21-39-59-60(57)53-35-17-19-38-58(53)64-59/h1-43H. The number of rotatable bonds is 8. The Labute approximate surface area is 378 Å². The molecule has 1 heterocycles. The molecule has 302 valence electrons. The second kappa shape index (κ2) is 15.5. The third-order valence-corrected chi connectivity index (χ3v) is 14.6. The number of anilines is 3. The second-order valence-electron chi connectivity index (χ2n) is 16.7. The molecule has 1 nitrogen and oxygen atoms in total. The van der Waals surface area contributed by atoms with Crippen molar-refractivity contribution in [2.45, 2.75) is 10.8 Å². The lowest BCUT2D eigenvalue weighted by atomic mass is 9.43. The van der Waals surface area contributed by atoms with Gasteiger partial charge >= 0.3 is 0 Å². The molecule has 2 heteroatoms. The number of hydrogen-bond donors (Lipinski definition) is 0. The predicted molar refractivity (Wildman–Crippen MR) is 270 cm³/mol. The molecule has 0 unspecified atom stereocenters. The Hall–Kier alpha value is -7.78. The van der Waals surface area contributed by atoms with E-state index in [4.69, 9.17) is 0 Å². The zero-order chi connectivity index (χ0) is 42.5. The molecular weight excluding hydrogens is 791 g/mol. The van der Waals surface area contributed by atoms with Crippen molar-refractivity contribution in [1.29, 1.82) is 0 Å². The van der Waals surface area contributed by atoms with Crippen molar-refractivity contribution in [2.75, 3.05) is 4.90 Å². The summed E-state index contributed by atoms with van der Waals surface area (Å²) in [5.74, 6) is 0. The number of nitrogens with zero attached hydrogens (tertiary/aromatic N) is 1. The molecule has 0 amide bonds. The van der Waals surface area contributed by atoms with Crippen LogP contribution in [0.4, 0.5) is 17.1 Å². The van der Waals surface area contributed by atoms with Gasteiger partial charge in [-0.1, -0.05) is 212 Å². The first-order chi connectivity index (χ1) is 31.8.